The van der Waals surface area contributed by atoms with E-state index in [0.717, 1.165) is 32.0 Å². The van der Waals surface area contributed by atoms with Crippen LogP contribution in [-0.2, 0) is 9.47 Å². The maximum Gasteiger partial charge on any atom is 0.191 e. The number of rotatable bonds is 2. The number of ether oxygens (including phenoxy) is 2. The van der Waals surface area contributed by atoms with E-state index in [1.165, 1.54) is 0 Å². The minimum Gasteiger partial charge on any atom is -0.377 e. The molecule has 0 radical (unpaired) electrons. The van der Waals surface area contributed by atoms with Crippen molar-refractivity contribution in [3.63, 3.8) is 0 Å². The van der Waals surface area contributed by atoms with Gasteiger partial charge in [-0.15, -0.1) is 24.0 Å². The molecule has 6 heteroatoms. The number of nitrogens with zero attached hydrogens (tertiary/aromatic N) is 1. The molecule has 6 atom stereocenters. The maximum atomic E-state index is 5.90. The second-order valence-corrected chi connectivity index (χ2v) is 8.95. The van der Waals surface area contributed by atoms with Gasteiger partial charge in [-0.3, -0.25) is 4.99 Å². The standard InChI is InChI=1S/C18H31N3O2.HI/c1-17(2)12(10-6-8-22-14(10)17)20-16(19-5)21-13-11-7-9-23-15(11)18(13,3)4;/h10-15H,6-9H2,1-5H3,(H2,19,20,21);1H. The molecule has 2 heterocycles. The summed E-state index contributed by atoms with van der Waals surface area (Å²) in [7, 11) is 1.87. The number of hydrogen-bond donors (Lipinski definition) is 2. The number of guanidine groups is 1. The van der Waals surface area contributed by atoms with Crippen LogP contribution in [0.3, 0.4) is 0 Å². The van der Waals surface area contributed by atoms with E-state index in [0.29, 0.717) is 36.1 Å². The Bertz CT molecular complexity index is 480. The van der Waals surface area contributed by atoms with Crippen LogP contribution in [0, 0.1) is 22.7 Å². The van der Waals surface area contributed by atoms with Crippen molar-refractivity contribution in [1.29, 1.82) is 0 Å². The highest BCUT2D eigenvalue weighted by atomic mass is 127. The average molecular weight is 449 g/mol. The Morgan fingerprint density at radius 2 is 1.29 bits per heavy atom. The molecule has 138 valence electrons. The highest BCUT2D eigenvalue weighted by Crippen LogP contribution is 2.53. The van der Waals surface area contributed by atoms with E-state index in [1.54, 1.807) is 0 Å². The third kappa shape index (κ3) is 2.50. The topological polar surface area (TPSA) is 54.9 Å². The Balaban J connectivity index is 0.00000169. The van der Waals surface area contributed by atoms with Crippen molar-refractivity contribution in [3.8, 4) is 0 Å². The van der Waals surface area contributed by atoms with Crippen LogP contribution >= 0.6 is 24.0 Å². The molecule has 0 aromatic heterocycles. The van der Waals surface area contributed by atoms with Gasteiger partial charge in [0.15, 0.2) is 5.96 Å². The molecule has 2 N–H and O–H groups in total. The lowest BCUT2D eigenvalue weighted by atomic mass is 9.57. The number of halogens is 1. The lowest BCUT2D eigenvalue weighted by molar-refractivity contribution is -0.112. The summed E-state index contributed by atoms with van der Waals surface area (Å²) >= 11 is 0. The number of nitrogens with one attached hydrogen (secondary N) is 2. The Morgan fingerprint density at radius 3 is 1.67 bits per heavy atom. The van der Waals surface area contributed by atoms with E-state index in [9.17, 15) is 0 Å². The van der Waals surface area contributed by atoms with Crippen molar-refractivity contribution in [2.75, 3.05) is 20.3 Å². The fraction of sp³-hybridized carbons (Fsp3) is 0.944. The van der Waals surface area contributed by atoms with Gasteiger partial charge in [0.25, 0.3) is 0 Å². The fourth-order valence-electron chi connectivity index (χ4n) is 5.70. The first-order valence-corrected chi connectivity index (χ1v) is 9.10. The molecule has 0 aromatic rings. The van der Waals surface area contributed by atoms with E-state index in [2.05, 4.69) is 43.3 Å². The van der Waals surface area contributed by atoms with Gasteiger partial charge in [-0.2, -0.15) is 0 Å². The van der Waals surface area contributed by atoms with Crippen LogP contribution in [0.2, 0.25) is 0 Å². The van der Waals surface area contributed by atoms with E-state index >= 15 is 0 Å². The van der Waals surface area contributed by atoms with E-state index < -0.39 is 0 Å². The molecule has 6 unspecified atom stereocenters. The van der Waals surface area contributed by atoms with E-state index in [4.69, 9.17) is 9.47 Å². The quantitative estimate of drug-likeness (QED) is 0.386. The molecular formula is C18H32IN3O2. The molecule has 24 heavy (non-hydrogen) atoms. The highest BCUT2D eigenvalue weighted by molar-refractivity contribution is 14.0. The Labute approximate surface area is 162 Å². The smallest absolute Gasteiger partial charge is 0.191 e. The van der Waals surface area contributed by atoms with E-state index in [1.807, 2.05) is 7.05 Å². The van der Waals surface area contributed by atoms with Crippen molar-refractivity contribution < 1.29 is 9.47 Å². The van der Waals surface area contributed by atoms with Crippen molar-refractivity contribution in [2.45, 2.75) is 64.8 Å². The highest BCUT2D eigenvalue weighted by Gasteiger charge is 2.61. The Morgan fingerprint density at radius 1 is 0.875 bits per heavy atom. The van der Waals surface area contributed by atoms with Crippen molar-refractivity contribution >= 4 is 29.9 Å². The normalized spacial score (nSPS) is 43.4. The monoisotopic (exact) mass is 449 g/mol. The van der Waals surface area contributed by atoms with Crippen LogP contribution in [-0.4, -0.2) is 50.5 Å². The molecule has 5 nitrogen and oxygen atoms in total. The van der Waals surface area contributed by atoms with Crippen LogP contribution < -0.4 is 10.6 Å². The van der Waals surface area contributed by atoms with Crippen molar-refractivity contribution in [2.24, 2.45) is 27.7 Å². The fourth-order valence-corrected chi connectivity index (χ4v) is 5.70. The number of aliphatic imine (C=N–C) groups is 1. The second-order valence-electron chi connectivity index (χ2n) is 8.95. The first-order valence-electron chi connectivity index (χ1n) is 9.10. The first kappa shape index (κ1) is 18.7. The van der Waals surface area contributed by atoms with Gasteiger partial charge in [-0.25, -0.2) is 0 Å². The number of hydrogen-bond acceptors (Lipinski definition) is 3. The molecule has 2 saturated heterocycles. The summed E-state index contributed by atoms with van der Waals surface area (Å²) in [5.74, 6) is 2.19. The molecule has 4 rings (SSSR count). The predicted octanol–water partition coefficient (Wildman–Crippen LogP) is 2.40. The summed E-state index contributed by atoms with van der Waals surface area (Å²) in [4.78, 5) is 4.50. The zero-order chi connectivity index (χ0) is 16.4. The molecule has 0 aromatic carbocycles. The average Bonchev–Trinajstić information content (AvgIpc) is 3.13. The third-order valence-corrected chi connectivity index (χ3v) is 7.01. The zero-order valence-electron chi connectivity index (χ0n) is 15.5. The summed E-state index contributed by atoms with van der Waals surface area (Å²) in [6.45, 7) is 11.0. The molecule has 4 fully saturated rings. The van der Waals surface area contributed by atoms with Crippen LogP contribution in [0.4, 0.5) is 0 Å². The SMILES string of the molecule is CN=C(NC1C2CCOC2C1(C)C)NC1C2CCOC2C1(C)C.I. The summed E-state index contributed by atoms with van der Waals surface area (Å²) in [5, 5.41) is 7.40. The van der Waals surface area contributed by atoms with Crippen LogP contribution in [0.5, 0.6) is 0 Å². The summed E-state index contributed by atoms with van der Waals surface area (Å²) < 4.78 is 11.8. The summed E-state index contributed by atoms with van der Waals surface area (Å²) in [6, 6.07) is 0.889. The minimum atomic E-state index is 0. The Kier molecular flexibility index (Phi) is 4.88. The van der Waals surface area contributed by atoms with Gasteiger partial charge in [-0.05, 0) is 12.8 Å². The van der Waals surface area contributed by atoms with Crippen LogP contribution in [0.1, 0.15) is 40.5 Å². The molecule has 0 amide bonds. The number of fused-ring (bicyclic) bond motifs is 2. The molecule has 2 aliphatic carbocycles. The molecular weight excluding hydrogens is 417 g/mol. The van der Waals surface area contributed by atoms with Gasteiger partial charge < -0.3 is 20.1 Å². The molecule has 2 aliphatic heterocycles. The summed E-state index contributed by atoms with van der Waals surface area (Å²) in [6.07, 6.45) is 3.14. The van der Waals surface area contributed by atoms with Gasteiger partial charge in [-0.1, -0.05) is 27.7 Å². The van der Waals surface area contributed by atoms with Crippen LogP contribution in [0.15, 0.2) is 4.99 Å². The zero-order valence-corrected chi connectivity index (χ0v) is 17.8. The van der Waals surface area contributed by atoms with Crippen LogP contribution in [0.25, 0.3) is 0 Å². The first-order chi connectivity index (χ1) is 10.9. The summed E-state index contributed by atoms with van der Waals surface area (Å²) in [5.41, 5.74) is 0.347. The Hall–Kier alpha value is -0.0800. The van der Waals surface area contributed by atoms with Crippen molar-refractivity contribution in [1.82, 2.24) is 10.6 Å². The molecule has 0 bridgehead atoms. The largest absolute Gasteiger partial charge is 0.377 e. The predicted molar refractivity (Wildman–Crippen MR) is 106 cm³/mol. The van der Waals surface area contributed by atoms with Gasteiger partial charge >= 0.3 is 0 Å². The molecule has 0 spiro atoms. The lowest BCUT2D eigenvalue weighted by Gasteiger charge is -2.57. The van der Waals surface area contributed by atoms with Gasteiger partial charge in [0.2, 0.25) is 0 Å². The van der Waals surface area contributed by atoms with Gasteiger partial charge in [0.1, 0.15) is 0 Å². The van der Waals surface area contributed by atoms with Crippen molar-refractivity contribution in [3.05, 3.63) is 0 Å². The van der Waals surface area contributed by atoms with Gasteiger partial charge in [0, 0.05) is 55.0 Å². The third-order valence-electron chi connectivity index (χ3n) is 7.01. The molecule has 2 saturated carbocycles. The van der Waals surface area contributed by atoms with Gasteiger partial charge in [0.05, 0.1) is 12.2 Å². The minimum absolute atomic E-state index is 0. The lowest BCUT2D eigenvalue weighted by Crippen LogP contribution is -2.71. The molecule has 4 aliphatic rings. The van der Waals surface area contributed by atoms with E-state index in [-0.39, 0.29) is 34.8 Å². The maximum absolute atomic E-state index is 5.90. The second kappa shape index (κ2) is 6.27.